The molecule has 3 heterocycles. The number of pyridine rings is 1. The molecule has 118 valence electrons. The molecule has 0 spiro atoms. The molecule has 0 radical (unpaired) electrons. The lowest BCUT2D eigenvalue weighted by molar-refractivity contribution is -0.183. The molecule has 0 aliphatic carbocycles. The summed E-state index contributed by atoms with van der Waals surface area (Å²) in [6.45, 7) is 0.0622. The fourth-order valence-corrected chi connectivity index (χ4v) is 3.04. The number of aromatic nitrogens is 2. The average Bonchev–Trinajstić information content (AvgIpc) is 2.90. The van der Waals surface area contributed by atoms with Crippen LogP contribution in [0.2, 0.25) is 0 Å². The third kappa shape index (κ3) is 2.99. The van der Waals surface area contributed by atoms with Gasteiger partial charge in [-0.25, -0.2) is 9.78 Å². The summed E-state index contributed by atoms with van der Waals surface area (Å²) in [5.74, 6) is -1.20. The van der Waals surface area contributed by atoms with Crippen molar-refractivity contribution >= 4 is 27.8 Å². The maximum atomic E-state index is 12.6. The average molecular weight is 331 g/mol. The second-order valence-electron chi connectivity index (χ2n) is 5.01. The van der Waals surface area contributed by atoms with Gasteiger partial charge >= 0.3 is 12.3 Å². The van der Waals surface area contributed by atoms with Crippen LogP contribution >= 0.6 is 11.5 Å². The SMILES string of the molecule is O=C(Oc1nsc2ncccc12)N1CCC(C(F)(F)F)CC1. The van der Waals surface area contributed by atoms with E-state index in [4.69, 9.17) is 4.74 Å². The smallest absolute Gasteiger partial charge is 0.389 e. The van der Waals surface area contributed by atoms with Crippen molar-refractivity contribution in [2.24, 2.45) is 5.92 Å². The number of rotatable bonds is 1. The highest BCUT2D eigenvalue weighted by atomic mass is 32.1. The Morgan fingerprint density at radius 1 is 1.36 bits per heavy atom. The van der Waals surface area contributed by atoms with Gasteiger partial charge in [0.25, 0.3) is 0 Å². The molecule has 1 aliphatic rings. The Labute approximate surface area is 127 Å². The number of nitrogens with zero attached hydrogens (tertiary/aromatic N) is 3. The summed E-state index contributed by atoms with van der Waals surface area (Å²) in [6, 6.07) is 3.42. The van der Waals surface area contributed by atoms with Gasteiger partial charge in [0, 0.05) is 19.3 Å². The van der Waals surface area contributed by atoms with Crippen molar-refractivity contribution < 1.29 is 22.7 Å². The Kier molecular flexibility index (Phi) is 3.90. The number of hydrogen-bond acceptors (Lipinski definition) is 5. The third-order valence-corrected chi connectivity index (χ3v) is 4.37. The van der Waals surface area contributed by atoms with E-state index in [1.165, 1.54) is 4.90 Å². The van der Waals surface area contributed by atoms with Crippen molar-refractivity contribution in [1.29, 1.82) is 0 Å². The first-order valence-corrected chi connectivity index (χ1v) is 7.46. The fourth-order valence-electron chi connectivity index (χ4n) is 2.37. The van der Waals surface area contributed by atoms with Crippen molar-refractivity contribution in [1.82, 2.24) is 14.3 Å². The lowest BCUT2D eigenvalue weighted by atomic mass is 9.97. The van der Waals surface area contributed by atoms with Crippen molar-refractivity contribution in [2.45, 2.75) is 19.0 Å². The van der Waals surface area contributed by atoms with Crippen molar-refractivity contribution in [3.8, 4) is 5.88 Å². The molecule has 0 saturated carbocycles. The molecule has 0 unspecified atom stereocenters. The molecule has 1 aliphatic heterocycles. The van der Waals surface area contributed by atoms with E-state index in [1.807, 2.05) is 0 Å². The predicted octanol–water partition coefficient (Wildman–Crippen LogP) is 3.46. The highest BCUT2D eigenvalue weighted by Crippen LogP contribution is 2.34. The van der Waals surface area contributed by atoms with Crippen LogP contribution in [0.3, 0.4) is 0 Å². The minimum absolute atomic E-state index is 0.0311. The van der Waals surface area contributed by atoms with Gasteiger partial charge in [-0.3, -0.25) is 0 Å². The Bertz CT molecular complexity index is 680. The van der Waals surface area contributed by atoms with Crippen LogP contribution in [0.1, 0.15) is 12.8 Å². The first-order valence-electron chi connectivity index (χ1n) is 6.69. The van der Waals surface area contributed by atoms with Crippen LogP contribution < -0.4 is 4.74 Å². The Morgan fingerprint density at radius 2 is 2.09 bits per heavy atom. The van der Waals surface area contributed by atoms with E-state index in [-0.39, 0.29) is 31.8 Å². The number of halogens is 3. The Morgan fingerprint density at radius 3 is 2.77 bits per heavy atom. The number of piperidine rings is 1. The van der Waals surface area contributed by atoms with Crippen LogP contribution in [0, 0.1) is 5.92 Å². The molecule has 1 fully saturated rings. The van der Waals surface area contributed by atoms with Gasteiger partial charge in [0.2, 0.25) is 5.88 Å². The number of likely N-dealkylation sites (tertiary alicyclic amines) is 1. The zero-order valence-electron chi connectivity index (χ0n) is 11.3. The van der Waals surface area contributed by atoms with E-state index in [0.717, 1.165) is 11.5 Å². The molecular formula is C13H12F3N3O2S. The Hall–Kier alpha value is -1.90. The van der Waals surface area contributed by atoms with E-state index in [9.17, 15) is 18.0 Å². The number of amides is 1. The molecule has 2 aromatic rings. The largest absolute Gasteiger partial charge is 0.416 e. The van der Waals surface area contributed by atoms with Gasteiger partial charge < -0.3 is 9.64 Å². The summed E-state index contributed by atoms with van der Waals surface area (Å²) in [5.41, 5.74) is 0. The first kappa shape index (κ1) is 15.0. The second-order valence-corrected chi connectivity index (χ2v) is 5.77. The minimum atomic E-state index is -4.20. The molecule has 0 bridgehead atoms. The molecule has 9 heteroatoms. The highest BCUT2D eigenvalue weighted by molar-refractivity contribution is 7.13. The lowest BCUT2D eigenvalue weighted by Crippen LogP contribution is -2.43. The van der Waals surface area contributed by atoms with Crippen LogP contribution in [-0.2, 0) is 0 Å². The number of hydrogen-bond donors (Lipinski definition) is 0. The van der Waals surface area contributed by atoms with Crippen LogP contribution in [0.25, 0.3) is 10.2 Å². The molecule has 1 amide bonds. The zero-order chi connectivity index (χ0) is 15.7. The van der Waals surface area contributed by atoms with E-state index in [1.54, 1.807) is 18.3 Å². The van der Waals surface area contributed by atoms with Crippen LogP contribution in [0.5, 0.6) is 5.88 Å². The summed E-state index contributed by atoms with van der Waals surface area (Å²) in [4.78, 5) is 18.0. The van der Waals surface area contributed by atoms with E-state index < -0.39 is 18.2 Å². The van der Waals surface area contributed by atoms with E-state index in [0.29, 0.717) is 10.2 Å². The van der Waals surface area contributed by atoms with Crippen molar-refractivity contribution in [3.05, 3.63) is 18.3 Å². The number of carbonyl (C=O) groups is 1. The van der Waals surface area contributed by atoms with Gasteiger partial charge in [0.1, 0.15) is 4.83 Å². The standard InChI is InChI=1S/C13H12F3N3O2S/c14-13(15,16)8-3-6-19(7-4-8)12(20)21-10-9-2-1-5-17-11(9)22-18-10/h1-2,5,8H,3-4,6-7H2. The molecule has 1 saturated heterocycles. The second kappa shape index (κ2) is 5.71. The lowest BCUT2D eigenvalue weighted by Gasteiger charge is -2.31. The van der Waals surface area contributed by atoms with E-state index in [2.05, 4.69) is 9.36 Å². The van der Waals surface area contributed by atoms with Crippen LogP contribution in [0.4, 0.5) is 18.0 Å². The fraction of sp³-hybridized carbons (Fsp3) is 0.462. The molecule has 22 heavy (non-hydrogen) atoms. The molecule has 2 aromatic heterocycles. The summed E-state index contributed by atoms with van der Waals surface area (Å²) >= 11 is 1.10. The topological polar surface area (TPSA) is 55.3 Å². The van der Waals surface area contributed by atoms with Gasteiger partial charge in [0.05, 0.1) is 11.3 Å². The van der Waals surface area contributed by atoms with Gasteiger partial charge in [-0.05, 0) is 36.5 Å². The maximum Gasteiger partial charge on any atom is 0.416 e. The predicted molar refractivity (Wildman–Crippen MR) is 73.8 cm³/mol. The number of fused-ring (bicyclic) bond motifs is 1. The summed E-state index contributed by atoms with van der Waals surface area (Å²) < 4.78 is 47.0. The summed E-state index contributed by atoms with van der Waals surface area (Å²) in [6.07, 6.45) is -3.46. The molecular weight excluding hydrogens is 319 g/mol. The number of ether oxygens (including phenoxy) is 1. The van der Waals surface area contributed by atoms with Crippen molar-refractivity contribution in [2.75, 3.05) is 13.1 Å². The van der Waals surface area contributed by atoms with Crippen LogP contribution in [-0.4, -0.2) is 39.6 Å². The number of carbonyl (C=O) groups excluding carboxylic acids is 1. The first-order chi connectivity index (χ1) is 10.4. The monoisotopic (exact) mass is 331 g/mol. The van der Waals surface area contributed by atoms with E-state index >= 15 is 0 Å². The quantitative estimate of drug-likeness (QED) is 0.803. The summed E-state index contributed by atoms with van der Waals surface area (Å²) in [5, 5.41) is 0.617. The molecule has 0 atom stereocenters. The number of alkyl halides is 3. The molecule has 3 rings (SSSR count). The van der Waals surface area contributed by atoms with Crippen molar-refractivity contribution in [3.63, 3.8) is 0 Å². The Balaban J connectivity index is 1.64. The van der Waals surface area contributed by atoms with Gasteiger partial charge in [-0.1, -0.05) is 0 Å². The van der Waals surface area contributed by atoms with Gasteiger partial charge in [0.15, 0.2) is 0 Å². The normalized spacial score (nSPS) is 17.0. The molecule has 0 aromatic carbocycles. The zero-order valence-corrected chi connectivity index (χ0v) is 12.2. The minimum Gasteiger partial charge on any atom is -0.389 e. The third-order valence-electron chi connectivity index (χ3n) is 3.62. The maximum absolute atomic E-state index is 12.6. The highest BCUT2D eigenvalue weighted by Gasteiger charge is 2.42. The van der Waals surface area contributed by atoms with Gasteiger partial charge in [-0.2, -0.15) is 17.5 Å². The molecule has 5 nitrogen and oxygen atoms in total. The molecule has 0 N–H and O–H groups in total. The van der Waals surface area contributed by atoms with Gasteiger partial charge in [-0.15, -0.1) is 0 Å². The van der Waals surface area contributed by atoms with Crippen LogP contribution in [0.15, 0.2) is 18.3 Å². The summed E-state index contributed by atoms with van der Waals surface area (Å²) in [7, 11) is 0.